The fourth-order valence-electron chi connectivity index (χ4n) is 2.44. The first kappa shape index (κ1) is 14.7. The molecular formula is C17H23N3. The molecule has 3 heteroatoms. The zero-order valence-electron chi connectivity index (χ0n) is 13.0. The number of rotatable bonds is 2. The first-order chi connectivity index (χ1) is 9.32. The molecule has 0 aliphatic carbocycles. The van der Waals surface area contributed by atoms with Gasteiger partial charge in [0.15, 0.2) is 0 Å². The number of nitrogens with zero attached hydrogens (tertiary/aromatic N) is 2. The summed E-state index contributed by atoms with van der Waals surface area (Å²) in [5, 5.41) is 0. The predicted molar refractivity (Wildman–Crippen MR) is 83.5 cm³/mol. The van der Waals surface area contributed by atoms with Crippen molar-refractivity contribution in [3.8, 4) is 11.3 Å². The Morgan fingerprint density at radius 2 is 1.70 bits per heavy atom. The maximum absolute atomic E-state index is 5.63. The molecule has 0 saturated carbocycles. The molecule has 0 amide bonds. The van der Waals surface area contributed by atoms with E-state index in [-0.39, 0.29) is 5.41 Å². The zero-order chi connectivity index (χ0) is 14.9. The highest BCUT2D eigenvalue weighted by molar-refractivity contribution is 5.68. The van der Waals surface area contributed by atoms with Crippen molar-refractivity contribution >= 4 is 0 Å². The van der Waals surface area contributed by atoms with Crippen molar-refractivity contribution in [2.75, 3.05) is 0 Å². The molecule has 0 radical (unpaired) electrons. The van der Waals surface area contributed by atoms with Gasteiger partial charge in [-0.3, -0.25) is 0 Å². The third-order valence-electron chi connectivity index (χ3n) is 3.54. The lowest BCUT2D eigenvalue weighted by molar-refractivity contribution is 0.589. The van der Waals surface area contributed by atoms with E-state index in [2.05, 4.69) is 56.7 Å². The second-order valence-corrected chi connectivity index (χ2v) is 6.30. The molecule has 0 atom stereocenters. The molecular weight excluding hydrogens is 246 g/mol. The average molecular weight is 269 g/mol. The van der Waals surface area contributed by atoms with Gasteiger partial charge in [0.05, 0.1) is 12.2 Å². The molecule has 0 saturated heterocycles. The van der Waals surface area contributed by atoms with Crippen LogP contribution in [0.2, 0.25) is 0 Å². The van der Waals surface area contributed by atoms with Gasteiger partial charge >= 0.3 is 0 Å². The van der Waals surface area contributed by atoms with Gasteiger partial charge in [-0.15, -0.1) is 0 Å². The summed E-state index contributed by atoms with van der Waals surface area (Å²) < 4.78 is 0. The van der Waals surface area contributed by atoms with Gasteiger partial charge in [-0.25, -0.2) is 9.97 Å². The molecule has 0 fully saturated rings. The molecule has 0 spiro atoms. The van der Waals surface area contributed by atoms with Crippen LogP contribution >= 0.6 is 0 Å². The number of benzene rings is 1. The van der Waals surface area contributed by atoms with Crippen molar-refractivity contribution in [2.24, 2.45) is 5.73 Å². The summed E-state index contributed by atoms with van der Waals surface area (Å²) >= 11 is 0. The van der Waals surface area contributed by atoms with Crippen molar-refractivity contribution in [1.29, 1.82) is 0 Å². The van der Waals surface area contributed by atoms with Gasteiger partial charge in [0, 0.05) is 11.8 Å². The molecule has 0 aliphatic rings. The molecule has 20 heavy (non-hydrogen) atoms. The van der Waals surface area contributed by atoms with Crippen molar-refractivity contribution in [3.63, 3.8) is 0 Å². The normalized spacial score (nSPS) is 11.7. The fraction of sp³-hybridized carbons (Fsp3) is 0.412. The summed E-state index contributed by atoms with van der Waals surface area (Å²) in [6.07, 6.45) is 1.78. The number of nitrogens with two attached hydrogens (primary N) is 1. The van der Waals surface area contributed by atoms with E-state index < -0.39 is 0 Å². The molecule has 2 rings (SSSR count). The molecule has 0 bridgehead atoms. The second kappa shape index (κ2) is 5.33. The van der Waals surface area contributed by atoms with Crippen molar-refractivity contribution in [2.45, 2.75) is 46.6 Å². The SMILES string of the molecule is Cc1cc(C(C)(C)C)cc(C)c1-c1ccnc(CN)n1. The van der Waals surface area contributed by atoms with Crippen LogP contribution in [0.25, 0.3) is 11.3 Å². The molecule has 1 aromatic heterocycles. The first-order valence-electron chi connectivity index (χ1n) is 6.97. The van der Waals surface area contributed by atoms with Gasteiger partial charge < -0.3 is 5.73 Å². The van der Waals surface area contributed by atoms with E-state index in [0.29, 0.717) is 12.4 Å². The van der Waals surface area contributed by atoms with Crippen LogP contribution in [0.4, 0.5) is 0 Å². The summed E-state index contributed by atoms with van der Waals surface area (Å²) in [6, 6.07) is 6.46. The molecule has 2 aromatic rings. The number of hydrogen-bond acceptors (Lipinski definition) is 3. The molecule has 1 heterocycles. The number of hydrogen-bond donors (Lipinski definition) is 1. The van der Waals surface area contributed by atoms with E-state index in [9.17, 15) is 0 Å². The Hall–Kier alpha value is -1.74. The largest absolute Gasteiger partial charge is 0.324 e. The Morgan fingerprint density at radius 3 is 2.20 bits per heavy atom. The van der Waals surface area contributed by atoms with Crippen LogP contribution in [0.1, 0.15) is 43.3 Å². The minimum absolute atomic E-state index is 0.155. The van der Waals surface area contributed by atoms with Gasteiger partial charge in [0.25, 0.3) is 0 Å². The highest BCUT2D eigenvalue weighted by Gasteiger charge is 2.17. The number of aromatic nitrogens is 2. The van der Waals surface area contributed by atoms with E-state index >= 15 is 0 Å². The molecule has 2 N–H and O–H groups in total. The van der Waals surface area contributed by atoms with Crippen LogP contribution in [-0.2, 0) is 12.0 Å². The third kappa shape index (κ3) is 2.88. The molecule has 0 aliphatic heterocycles. The van der Waals surface area contributed by atoms with E-state index in [1.807, 2.05) is 6.07 Å². The topological polar surface area (TPSA) is 51.8 Å². The summed E-state index contributed by atoms with van der Waals surface area (Å²) in [5.74, 6) is 0.682. The van der Waals surface area contributed by atoms with Gasteiger partial charge in [0.2, 0.25) is 0 Å². The Morgan fingerprint density at radius 1 is 1.10 bits per heavy atom. The maximum atomic E-state index is 5.63. The van der Waals surface area contributed by atoms with E-state index in [0.717, 1.165) is 5.69 Å². The maximum Gasteiger partial charge on any atom is 0.142 e. The quantitative estimate of drug-likeness (QED) is 0.907. The smallest absolute Gasteiger partial charge is 0.142 e. The van der Waals surface area contributed by atoms with Gasteiger partial charge in [-0.2, -0.15) is 0 Å². The summed E-state index contributed by atoms with van der Waals surface area (Å²) in [4.78, 5) is 8.70. The Balaban J connectivity index is 2.58. The third-order valence-corrected chi connectivity index (χ3v) is 3.54. The molecule has 1 aromatic carbocycles. The zero-order valence-corrected chi connectivity index (χ0v) is 13.0. The van der Waals surface area contributed by atoms with Crippen LogP contribution in [0.15, 0.2) is 24.4 Å². The lowest BCUT2D eigenvalue weighted by Crippen LogP contribution is -2.12. The molecule has 3 nitrogen and oxygen atoms in total. The lowest BCUT2D eigenvalue weighted by Gasteiger charge is -2.22. The second-order valence-electron chi connectivity index (χ2n) is 6.30. The van der Waals surface area contributed by atoms with Crippen LogP contribution in [0, 0.1) is 13.8 Å². The Labute approximate surface area is 121 Å². The summed E-state index contributed by atoms with van der Waals surface area (Å²) in [7, 11) is 0. The van der Waals surface area contributed by atoms with E-state index in [1.165, 1.54) is 22.3 Å². The lowest BCUT2D eigenvalue weighted by atomic mass is 9.83. The van der Waals surface area contributed by atoms with E-state index in [4.69, 9.17) is 5.73 Å². The van der Waals surface area contributed by atoms with Crippen LogP contribution in [0.5, 0.6) is 0 Å². The number of aryl methyl sites for hydroxylation is 2. The van der Waals surface area contributed by atoms with Crippen LogP contribution in [0.3, 0.4) is 0 Å². The van der Waals surface area contributed by atoms with Crippen molar-refractivity contribution in [1.82, 2.24) is 9.97 Å². The highest BCUT2D eigenvalue weighted by Crippen LogP contribution is 2.31. The monoisotopic (exact) mass is 269 g/mol. The Kier molecular flexibility index (Phi) is 3.91. The van der Waals surface area contributed by atoms with Crippen LogP contribution in [-0.4, -0.2) is 9.97 Å². The van der Waals surface area contributed by atoms with Gasteiger partial charge in [0.1, 0.15) is 5.82 Å². The summed E-state index contributed by atoms with van der Waals surface area (Å²) in [6.45, 7) is 11.4. The minimum Gasteiger partial charge on any atom is -0.324 e. The average Bonchev–Trinajstić information content (AvgIpc) is 2.37. The summed E-state index contributed by atoms with van der Waals surface area (Å²) in [5.41, 5.74) is 11.8. The predicted octanol–water partition coefficient (Wildman–Crippen LogP) is 3.52. The highest BCUT2D eigenvalue weighted by atomic mass is 14.9. The van der Waals surface area contributed by atoms with E-state index in [1.54, 1.807) is 6.20 Å². The molecule has 0 unspecified atom stereocenters. The first-order valence-corrected chi connectivity index (χ1v) is 6.97. The van der Waals surface area contributed by atoms with Crippen LogP contribution < -0.4 is 5.73 Å². The standard InChI is InChI=1S/C17H23N3/c1-11-8-13(17(3,4)5)9-12(2)16(11)14-6-7-19-15(10-18)20-14/h6-9H,10,18H2,1-5H3. The van der Waals surface area contributed by atoms with Crippen molar-refractivity contribution in [3.05, 3.63) is 46.9 Å². The minimum atomic E-state index is 0.155. The van der Waals surface area contributed by atoms with Gasteiger partial charge in [-0.1, -0.05) is 32.9 Å². The molecule has 106 valence electrons. The van der Waals surface area contributed by atoms with Gasteiger partial charge in [-0.05, 0) is 42.0 Å². The Bertz CT molecular complexity index is 601. The van der Waals surface area contributed by atoms with Crippen molar-refractivity contribution < 1.29 is 0 Å². The fourth-order valence-corrected chi connectivity index (χ4v) is 2.44.